The number of halogens is 1. The van der Waals surface area contributed by atoms with Crippen LogP contribution in [-0.2, 0) is 14.3 Å². The average Bonchev–Trinajstić information content (AvgIpc) is 3.17. The van der Waals surface area contributed by atoms with Crippen molar-refractivity contribution in [2.75, 3.05) is 25.6 Å². The zero-order chi connectivity index (χ0) is 24.9. The van der Waals surface area contributed by atoms with E-state index in [9.17, 15) is 18.8 Å². The Morgan fingerprint density at radius 3 is 2.20 bits per heavy atom. The molecule has 1 aliphatic carbocycles. The van der Waals surface area contributed by atoms with Crippen molar-refractivity contribution in [3.63, 3.8) is 0 Å². The quantitative estimate of drug-likeness (QED) is 0.451. The van der Waals surface area contributed by atoms with Gasteiger partial charge in [-0.3, -0.25) is 10.1 Å². The molecule has 35 heavy (non-hydrogen) atoms. The molecule has 180 valence electrons. The van der Waals surface area contributed by atoms with E-state index in [4.69, 9.17) is 14.6 Å². The van der Waals surface area contributed by atoms with Gasteiger partial charge in [0, 0.05) is 13.0 Å². The second-order valence-corrected chi connectivity index (χ2v) is 7.94. The number of benzene rings is 3. The van der Waals surface area contributed by atoms with Gasteiger partial charge in [0.2, 0.25) is 0 Å². The molecule has 3 aromatic carbocycles. The first-order valence-corrected chi connectivity index (χ1v) is 10.8. The van der Waals surface area contributed by atoms with Gasteiger partial charge in [-0.25, -0.2) is 14.0 Å². The van der Waals surface area contributed by atoms with Gasteiger partial charge < -0.3 is 19.9 Å². The van der Waals surface area contributed by atoms with Crippen LogP contribution in [0.5, 0.6) is 0 Å². The number of carboxylic acid groups (broad SMARTS) is 1. The molecule has 2 amide bonds. The summed E-state index contributed by atoms with van der Waals surface area (Å²) in [7, 11) is 1.28. The van der Waals surface area contributed by atoms with Crippen molar-refractivity contribution in [3.05, 3.63) is 89.2 Å². The van der Waals surface area contributed by atoms with Crippen molar-refractivity contribution in [3.8, 4) is 11.1 Å². The van der Waals surface area contributed by atoms with Crippen LogP contribution in [0.1, 0.15) is 27.4 Å². The van der Waals surface area contributed by atoms with Crippen LogP contribution >= 0.6 is 0 Å². The lowest BCUT2D eigenvalue weighted by Crippen LogP contribution is -2.44. The largest absolute Gasteiger partial charge is 0.480 e. The number of carbonyl (C=O) groups is 3. The van der Waals surface area contributed by atoms with E-state index in [1.54, 1.807) is 0 Å². The van der Waals surface area contributed by atoms with Crippen molar-refractivity contribution >= 4 is 23.7 Å². The third-order valence-corrected chi connectivity index (χ3v) is 5.76. The molecule has 0 bridgehead atoms. The Labute approximate surface area is 200 Å². The SMILES string of the molecule is COCC(NC(=O)c1cccc(NC(=O)OCC2c3ccccc3-c3ccccc32)c1F)C(=O)O. The number of carbonyl (C=O) groups excluding carboxylic acids is 2. The van der Waals surface area contributed by atoms with E-state index in [1.165, 1.54) is 25.3 Å². The van der Waals surface area contributed by atoms with Crippen LogP contribution in [-0.4, -0.2) is 49.4 Å². The number of ether oxygens (including phenoxy) is 2. The minimum atomic E-state index is -1.36. The summed E-state index contributed by atoms with van der Waals surface area (Å²) in [6.45, 7) is -0.251. The second kappa shape index (κ2) is 10.4. The number of hydrogen-bond acceptors (Lipinski definition) is 5. The zero-order valence-electron chi connectivity index (χ0n) is 18.8. The normalized spacial score (nSPS) is 12.9. The lowest BCUT2D eigenvalue weighted by Gasteiger charge is -2.16. The van der Waals surface area contributed by atoms with Crippen molar-refractivity contribution in [1.29, 1.82) is 0 Å². The third kappa shape index (κ3) is 4.99. The van der Waals surface area contributed by atoms with E-state index in [0.29, 0.717) is 0 Å². The second-order valence-electron chi connectivity index (χ2n) is 7.94. The average molecular weight is 478 g/mol. The van der Waals surface area contributed by atoms with Gasteiger partial charge in [-0.1, -0.05) is 54.6 Å². The molecule has 0 aromatic heterocycles. The van der Waals surface area contributed by atoms with Crippen LogP contribution in [0.2, 0.25) is 0 Å². The zero-order valence-corrected chi connectivity index (χ0v) is 18.8. The van der Waals surface area contributed by atoms with Crippen molar-refractivity contribution < 1.29 is 33.4 Å². The van der Waals surface area contributed by atoms with Crippen LogP contribution in [0.15, 0.2) is 66.7 Å². The summed E-state index contributed by atoms with van der Waals surface area (Å²) in [6, 6.07) is 18.2. The molecular formula is C26H23FN2O6. The summed E-state index contributed by atoms with van der Waals surface area (Å²) < 4.78 is 25.1. The lowest BCUT2D eigenvalue weighted by atomic mass is 9.98. The van der Waals surface area contributed by atoms with E-state index in [2.05, 4.69) is 10.6 Å². The molecule has 1 atom stereocenters. The number of nitrogens with one attached hydrogen (secondary N) is 2. The maximum Gasteiger partial charge on any atom is 0.411 e. The predicted molar refractivity (Wildman–Crippen MR) is 126 cm³/mol. The Bertz CT molecular complexity index is 1230. The maximum absolute atomic E-state index is 14.9. The highest BCUT2D eigenvalue weighted by Gasteiger charge is 2.29. The highest BCUT2D eigenvalue weighted by molar-refractivity contribution is 5.98. The summed E-state index contributed by atoms with van der Waals surface area (Å²) in [6.07, 6.45) is -0.883. The number of amides is 2. The first-order chi connectivity index (χ1) is 16.9. The number of fused-ring (bicyclic) bond motifs is 3. The number of aliphatic carboxylic acids is 1. The molecule has 0 saturated carbocycles. The lowest BCUT2D eigenvalue weighted by molar-refractivity contribution is -0.140. The Hall–Kier alpha value is -4.24. The topological polar surface area (TPSA) is 114 Å². The number of anilines is 1. The molecule has 8 nitrogen and oxygen atoms in total. The van der Waals surface area contributed by atoms with Gasteiger partial charge in [0.05, 0.1) is 17.9 Å². The summed E-state index contributed by atoms with van der Waals surface area (Å²) in [4.78, 5) is 36.1. The van der Waals surface area contributed by atoms with Crippen LogP contribution in [0.4, 0.5) is 14.9 Å². The molecule has 1 aliphatic rings. The molecular weight excluding hydrogens is 455 g/mol. The first-order valence-electron chi connectivity index (χ1n) is 10.8. The summed E-state index contributed by atoms with van der Waals surface area (Å²) in [5, 5.41) is 13.7. The van der Waals surface area contributed by atoms with E-state index in [-0.39, 0.29) is 24.8 Å². The molecule has 0 fully saturated rings. The van der Waals surface area contributed by atoms with E-state index < -0.39 is 35.4 Å². The fourth-order valence-electron chi connectivity index (χ4n) is 4.13. The van der Waals surface area contributed by atoms with E-state index >= 15 is 0 Å². The fourth-order valence-corrected chi connectivity index (χ4v) is 4.13. The first kappa shape index (κ1) is 23.9. The molecule has 9 heteroatoms. The molecule has 0 heterocycles. The van der Waals surface area contributed by atoms with Gasteiger partial charge in [-0.05, 0) is 34.4 Å². The molecule has 0 radical (unpaired) electrons. The summed E-state index contributed by atoms with van der Waals surface area (Å²) >= 11 is 0. The molecule has 0 saturated heterocycles. The van der Waals surface area contributed by atoms with Gasteiger partial charge in [0.25, 0.3) is 5.91 Å². The third-order valence-electron chi connectivity index (χ3n) is 5.76. The molecule has 1 unspecified atom stereocenters. The van der Waals surface area contributed by atoms with Gasteiger partial charge in [-0.15, -0.1) is 0 Å². The number of carboxylic acids is 1. The molecule has 3 aromatic rings. The predicted octanol–water partition coefficient (Wildman–Crippen LogP) is 4.02. The van der Waals surface area contributed by atoms with E-state index in [0.717, 1.165) is 22.3 Å². The molecule has 0 spiro atoms. The number of rotatable bonds is 8. The van der Waals surface area contributed by atoms with Gasteiger partial charge >= 0.3 is 12.1 Å². The fraction of sp³-hybridized carbons (Fsp3) is 0.192. The number of methoxy groups -OCH3 is 1. The van der Waals surface area contributed by atoms with Crippen molar-refractivity contribution in [2.45, 2.75) is 12.0 Å². The Morgan fingerprint density at radius 2 is 1.60 bits per heavy atom. The van der Waals surface area contributed by atoms with Crippen LogP contribution in [0.25, 0.3) is 11.1 Å². The Morgan fingerprint density at radius 1 is 0.971 bits per heavy atom. The Balaban J connectivity index is 1.44. The van der Waals surface area contributed by atoms with Gasteiger partial charge in [-0.2, -0.15) is 0 Å². The van der Waals surface area contributed by atoms with Crippen LogP contribution < -0.4 is 10.6 Å². The highest BCUT2D eigenvalue weighted by atomic mass is 19.1. The Kier molecular flexibility index (Phi) is 7.07. The molecule has 3 N–H and O–H groups in total. The van der Waals surface area contributed by atoms with Crippen molar-refractivity contribution in [1.82, 2.24) is 5.32 Å². The molecule has 0 aliphatic heterocycles. The summed E-state index contributed by atoms with van der Waals surface area (Å²) in [5.41, 5.74) is 3.54. The minimum Gasteiger partial charge on any atom is -0.480 e. The van der Waals surface area contributed by atoms with Gasteiger partial charge in [0.1, 0.15) is 6.61 Å². The summed E-state index contributed by atoms with van der Waals surface area (Å²) in [5.74, 6) is -3.46. The van der Waals surface area contributed by atoms with Crippen LogP contribution in [0.3, 0.4) is 0 Å². The monoisotopic (exact) mass is 478 g/mol. The van der Waals surface area contributed by atoms with Crippen LogP contribution in [0, 0.1) is 5.82 Å². The smallest absolute Gasteiger partial charge is 0.411 e. The molecule has 4 rings (SSSR count). The minimum absolute atomic E-state index is 0.0406. The highest BCUT2D eigenvalue weighted by Crippen LogP contribution is 2.44. The maximum atomic E-state index is 14.9. The standard InChI is InChI=1S/C26H23FN2O6/c1-34-14-22(25(31)32)28-24(30)19-11-6-12-21(23(19)27)29-26(33)35-13-20-17-9-4-2-7-15(17)16-8-3-5-10-18(16)20/h2-12,20,22H,13-14H2,1H3,(H,28,30)(H,29,33)(H,31,32). The van der Waals surface area contributed by atoms with Gasteiger partial charge in [0.15, 0.2) is 11.9 Å². The van der Waals surface area contributed by atoms with Crippen molar-refractivity contribution in [2.24, 2.45) is 0 Å². The van der Waals surface area contributed by atoms with E-state index in [1.807, 2.05) is 48.5 Å². The number of hydrogen-bond donors (Lipinski definition) is 3.